The molecule has 0 saturated heterocycles. The second kappa shape index (κ2) is 8.09. The largest absolute Gasteiger partial charge is 0.258 e. The minimum Gasteiger partial charge on any atom is -0.258 e. The zero-order valence-corrected chi connectivity index (χ0v) is 16.2. The number of aryl methyl sites for hydroxylation is 4. The Kier molecular flexibility index (Phi) is 6.33. The number of hydrogen-bond donors (Lipinski definition) is 0. The second-order valence-electron chi connectivity index (χ2n) is 6.64. The van der Waals surface area contributed by atoms with E-state index in [2.05, 4.69) is 11.1 Å². The monoisotopic (exact) mass is 363 g/mol. The molecule has 2 rings (SSSR count). The smallest absolute Gasteiger partial charge is 0.147 e. The van der Waals surface area contributed by atoms with E-state index in [4.69, 9.17) is 0 Å². The molecule has 3 nitrogen and oxygen atoms in total. The van der Waals surface area contributed by atoms with Gasteiger partial charge in [-0.15, -0.1) is 0 Å². The number of pyridine rings is 1. The first-order valence-electron chi connectivity index (χ1n) is 8.65. The standard InChI is InChI=1S/C20H26FNO2S/c1-5-16-13-17(9-10-19(16)21)20-14(2)12-18(22-15(20)3)8-6-7-11-25(4,23)24/h9-10,12-13H,5-8,11H2,1-4H3. The van der Waals surface area contributed by atoms with Crippen LogP contribution in [-0.4, -0.2) is 25.4 Å². The fraction of sp³-hybridized carbons (Fsp3) is 0.450. The topological polar surface area (TPSA) is 47.0 Å². The molecule has 1 aromatic heterocycles. The Labute approximate surface area is 150 Å². The summed E-state index contributed by atoms with van der Waals surface area (Å²) in [7, 11) is -2.90. The van der Waals surface area contributed by atoms with Crippen LogP contribution in [0.5, 0.6) is 0 Å². The summed E-state index contributed by atoms with van der Waals surface area (Å²) < 4.78 is 36.1. The van der Waals surface area contributed by atoms with Gasteiger partial charge < -0.3 is 0 Å². The third kappa shape index (κ3) is 5.36. The van der Waals surface area contributed by atoms with E-state index in [1.54, 1.807) is 6.07 Å². The van der Waals surface area contributed by atoms with Crippen molar-refractivity contribution in [1.82, 2.24) is 4.98 Å². The van der Waals surface area contributed by atoms with E-state index >= 15 is 0 Å². The van der Waals surface area contributed by atoms with E-state index in [-0.39, 0.29) is 11.6 Å². The highest BCUT2D eigenvalue weighted by molar-refractivity contribution is 7.90. The van der Waals surface area contributed by atoms with E-state index in [0.717, 1.165) is 40.9 Å². The quantitative estimate of drug-likeness (QED) is 0.684. The minimum atomic E-state index is -2.90. The van der Waals surface area contributed by atoms with Gasteiger partial charge in [0.05, 0.1) is 0 Å². The average Bonchev–Trinajstić information content (AvgIpc) is 2.51. The Morgan fingerprint density at radius 2 is 1.84 bits per heavy atom. The summed E-state index contributed by atoms with van der Waals surface area (Å²) in [5, 5.41) is 0. The van der Waals surface area contributed by atoms with E-state index in [1.807, 2.05) is 26.8 Å². The molecule has 0 aliphatic carbocycles. The molecule has 25 heavy (non-hydrogen) atoms. The van der Waals surface area contributed by atoms with Crippen LogP contribution in [0.15, 0.2) is 24.3 Å². The Balaban J connectivity index is 2.20. The second-order valence-corrected chi connectivity index (χ2v) is 8.90. The van der Waals surface area contributed by atoms with Gasteiger partial charge in [-0.05, 0) is 74.4 Å². The number of benzene rings is 1. The number of nitrogens with zero attached hydrogens (tertiary/aromatic N) is 1. The van der Waals surface area contributed by atoms with Gasteiger partial charge in [0.1, 0.15) is 15.7 Å². The lowest BCUT2D eigenvalue weighted by Crippen LogP contribution is -2.04. The lowest BCUT2D eigenvalue weighted by Gasteiger charge is -2.13. The van der Waals surface area contributed by atoms with Crippen molar-refractivity contribution >= 4 is 9.84 Å². The molecular weight excluding hydrogens is 337 g/mol. The summed E-state index contributed by atoms with van der Waals surface area (Å²) in [6, 6.07) is 7.28. The van der Waals surface area contributed by atoms with Gasteiger partial charge in [0.15, 0.2) is 0 Å². The summed E-state index contributed by atoms with van der Waals surface area (Å²) in [6.07, 6.45) is 4.14. The summed E-state index contributed by atoms with van der Waals surface area (Å²) >= 11 is 0. The van der Waals surface area contributed by atoms with Crippen LogP contribution in [0.4, 0.5) is 4.39 Å². The van der Waals surface area contributed by atoms with Crippen LogP contribution >= 0.6 is 0 Å². The molecule has 0 N–H and O–H groups in total. The molecule has 0 atom stereocenters. The number of hydrogen-bond acceptors (Lipinski definition) is 3. The number of unbranched alkanes of at least 4 members (excludes halogenated alkanes) is 1. The average molecular weight is 363 g/mol. The zero-order chi connectivity index (χ0) is 18.6. The summed E-state index contributed by atoms with van der Waals surface area (Å²) in [4.78, 5) is 4.68. The van der Waals surface area contributed by atoms with Crippen LogP contribution in [0, 0.1) is 19.7 Å². The molecule has 5 heteroatoms. The van der Waals surface area contributed by atoms with Gasteiger partial charge >= 0.3 is 0 Å². The van der Waals surface area contributed by atoms with Crippen molar-refractivity contribution in [3.63, 3.8) is 0 Å². The molecule has 0 spiro atoms. The Morgan fingerprint density at radius 3 is 2.44 bits per heavy atom. The van der Waals surface area contributed by atoms with Gasteiger partial charge in [0, 0.05) is 29.0 Å². The van der Waals surface area contributed by atoms with Gasteiger partial charge in [-0.25, -0.2) is 12.8 Å². The maximum absolute atomic E-state index is 13.7. The third-order valence-corrected chi connectivity index (χ3v) is 5.39. The van der Waals surface area contributed by atoms with Gasteiger partial charge in [0.25, 0.3) is 0 Å². The number of halogens is 1. The first-order valence-corrected chi connectivity index (χ1v) is 10.7. The molecule has 0 aliphatic heterocycles. The molecule has 0 amide bonds. The molecule has 2 aromatic rings. The van der Waals surface area contributed by atoms with E-state index < -0.39 is 9.84 Å². The first kappa shape index (κ1) is 19.6. The van der Waals surface area contributed by atoms with Crippen molar-refractivity contribution in [2.45, 2.75) is 46.5 Å². The lowest BCUT2D eigenvalue weighted by molar-refractivity contribution is 0.597. The highest BCUT2D eigenvalue weighted by Gasteiger charge is 2.11. The van der Waals surface area contributed by atoms with Gasteiger partial charge in [-0.1, -0.05) is 13.0 Å². The molecule has 0 aliphatic rings. The first-order chi connectivity index (χ1) is 11.7. The summed E-state index contributed by atoms with van der Waals surface area (Å²) in [5.74, 6) is 0.0512. The van der Waals surface area contributed by atoms with E-state index in [1.165, 1.54) is 12.3 Å². The summed E-state index contributed by atoms with van der Waals surface area (Å²) in [6.45, 7) is 5.95. The summed E-state index contributed by atoms with van der Waals surface area (Å²) in [5.41, 5.74) is 5.76. The van der Waals surface area contributed by atoms with Crippen LogP contribution in [0.3, 0.4) is 0 Å². The van der Waals surface area contributed by atoms with Crippen molar-refractivity contribution < 1.29 is 12.8 Å². The van der Waals surface area contributed by atoms with Crippen molar-refractivity contribution in [2.75, 3.05) is 12.0 Å². The molecule has 136 valence electrons. The molecule has 0 radical (unpaired) electrons. The molecule has 0 bridgehead atoms. The minimum absolute atomic E-state index is 0.169. The molecule has 1 aromatic carbocycles. The van der Waals surface area contributed by atoms with E-state index in [0.29, 0.717) is 18.4 Å². The SMILES string of the molecule is CCc1cc(-c2c(C)cc(CCCCS(C)(=O)=O)nc2C)ccc1F. The van der Waals surface area contributed by atoms with Gasteiger partial charge in [0.2, 0.25) is 0 Å². The molecule has 1 heterocycles. The number of aromatic nitrogens is 1. The lowest BCUT2D eigenvalue weighted by atomic mass is 9.96. The molecule has 0 fully saturated rings. The van der Waals surface area contributed by atoms with Crippen molar-refractivity contribution in [3.05, 3.63) is 52.6 Å². The highest BCUT2D eigenvalue weighted by Crippen LogP contribution is 2.29. The van der Waals surface area contributed by atoms with Crippen molar-refractivity contribution in [1.29, 1.82) is 0 Å². The number of sulfone groups is 1. The predicted molar refractivity (Wildman–Crippen MR) is 101 cm³/mol. The Hall–Kier alpha value is -1.75. The molecule has 0 saturated carbocycles. The van der Waals surface area contributed by atoms with Crippen LogP contribution in [0.1, 0.15) is 42.3 Å². The van der Waals surface area contributed by atoms with Crippen LogP contribution in [-0.2, 0) is 22.7 Å². The highest BCUT2D eigenvalue weighted by atomic mass is 32.2. The van der Waals surface area contributed by atoms with Crippen molar-refractivity contribution in [3.8, 4) is 11.1 Å². The normalized spacial score (nSPS) is 11.7. The van der Waals surface area contributed by atoms with Crippen LogP contribution in [0.2, 0.25) is 0 Å². The molecule has 0 unspecified atom stereocenters. The predicted octanol–water partition coefficient (Wildman–Crippen LogP) is 4.43. The van der Waals surface area contributed by atoms with Crippen molar-refractivity contribution in [2.24, 2.45) is 0 Å². The Bertz CT molecular complexity index is 837. The third-order valence-electron chi connectivity index (χ3n) is 4.36. The van der Waals surface area contributed by atoms with Crippen LogP contribution in [0.25, 0.3) is 11.1 Å². The fourth-order valence-electron chi connectivity index (χ4n) is 3.15. The van der Waals surface area contributed by atoms with Gasteiger partial charge in [-0.2, -0.15) is 0 Å². The van der Waals surface area contributed by atoms with Crippen LogP contribution < -0.4 is 0 Å². The van der Waals surface area contributed by atoms with E-state index in [9.17, 15) is 12.8 Å². The zero-order valence-electron chi connectivity index (χ0n) is 15.4. The molecular formula is C20H26FNO2S. The fourth-order valence-corrected chi connectivity index (χ4v) is 3.88. The maximum Gasteiger partial charge on any atom is 0.147 e. The van der Waals surface area contributed by atoms with Gasteiger partial charge in [-0.3, -0.25) is 4.98 Å². The number of rotatable bonds is 7. The maximum atomic E-state index is 13.7. The Morgan fingerprint density at radius 1 is 1.12 bits per heavy atom.